The lowest BCUT2D eigenvalue weighted by molar-refractivity contribution is 0.298. The topological polar surface area (TPSA) is 66.1 Å². The van der Waals surface area contributed by atoms with Crippen molar-refractivity contribution < 1.29 is 12.8 Å². The van der Waals surface area contributed by atoms with Crippen molar-refractivity contribution in [2.24, 2.45) is 0 Å². The minimum absolute atomic E-state index is 0.297. The number of aromatic amines is 1. The highest BCUT2D eigenvalue weighted by molar-refractivity contribution is 7.92. The molecule has 0 atom stereocenters. The summed E-state index contributed by atoms with van der Waals surface area (Å²) in [7, 11) is -3.57. The maximum Gasteiger partial charge on any atom is 0.236 e. The van der Waals surface area contributed by atoms with Crippen LogP contribution in [0.2, 0.25) is 0 Å². The van der Waals surface area contributed by atoms with Crippen molar-refractivity contribution in [3.8, 4) is 0 Å². The molecule has 0 bridgehead atoms. The van der Waals surface area contributed by atoms with Crippen LogP contribution in [0.5, 0.6) is 0 Å². The van der Waals surface area contributed by atoms with Gasteiger partial charge in [-0.1, -0.05) is 26.0 Å². The molecule has 23 heavy (non-hydrogen) atoms. The van der Waals surface area contributed by atoms with Crippen molar-refractivity contribution >= 4 is 16.1 Å². The van der Waals surface area contributed by atoms with Crippen LogP contribution in [0.3, 0.4) is 0 Å². The summed E-state index contributed by atoms with van der Waals surface area (Å²) in [6.07, 6.45) is 3.15. The molecule has 1 aromatic carbocycles. The molecular formula is C16H18FN3O2S. The summed E-state index contributed by atoms with van der Waals surface area (Å²) in [6, 6.07) is 5.67. The number of benzene rings is 1. The van der Waals surface area contributed by atoms with E-state index in [2.05, 4.69) is 10.2 Å². The predicted octanol–water partition coefficient (Wildman–Crippen LogP) is 2.64. The molecule has 1 N–H and O–H groups in total. The zero-order chi connectivity index (χ0) is 16.7. The first-order valence-electron chi connectivity index (χ1n) is 7.24. The molecule has 1 aliphatic rings. The fraction of sp³-hybridized carbons (Fsp3) is 0.312. The van der Waals surface area contributed by atoms with Gasteiger partial charge in [0.15, 0.2) is 0 Å². The van der Waals surface area contributed by atoms with Gasteiger partial charge in [-0.05, 0) is 23.8 Å². The van der Waals surface area contributed by atoms with Crippen LogP contribution in [-0.2, 0) is 22.0 Å². The fourth-order valence-corrected chi connectivity index (χ4v) is 4.11. The van der Waals surface area contributed by atoms with E-state index in [0.717, 1.165) is 11.3 Å². The summed E-state index contributed by atoms with van der Waals surface area (Å²) in [5.41, 5.74) is 2.17. The Balaban J connectivity index is 1.85. The van der Waals surface area contributed by atoms with Gasteiger partial charge in [-0.15, -0.1) is 0 Å². The number of H-pyrrole nitrogens is 1. The third kappa shape index (κ3) is 3.20. The number of hydrogen-bond acceptors (Lipinski definition) is 3. The summed E-state index contributed by atoms with van der Waals surface area (Å²) in [4.78, 5) is 0. The molecule has 1 aromatic heterocycles. The van der Waals surface area contributed by atoms with Gasteiger partial charge in [0.05, 0.1) is 6.20 Å². The lowest BCUT2D eigenvalue weighted by Crippen LogP contribution is -2.44. The predicted molar refractivity (Wildman–Crippen MR) is 86.4 cm³/mol. The van der Waals surface area contributed by atoms with Crippen molar-refractivity contribution in [3.63, 3.8) is 0 Å². The van der Waals surface area contributed by atoms with Gasteiger partial charge in [-0.3, -0.25) is 5.10 Å². The molecule has 0 amide bonds. The number of nitrogens with one attached hydrogen (secondary N) is 1. The first kappa shape index (κ1) is 15.9. The molecular weight excluding hydrogens is 317 g/mol. The molecule has 7 heteroatoms. The maximum atomic E-state index is 12.9. The molecule has 122 valence electrons. The second-order valence-electron chi connectivity index (χ2n) is 6.32. The summed E-state index contributed by atoms with van der Waals surface area (Å²) in [6.45, 7) is 4.63. The van der Waals surface area contributed by atoms with Crippen molar-refractivity contribution in [2.75, 3.05) is 6.54 Å². The van der Waals surface area contributed by atoms with E-state index in [-0.39, 0.29) is 11.2 Å². The normalized spacial score (nSPS) is 18.2. The molecule has 0 saturated carbocycles. The number of fused-ring (bicyclic) bond motifs is 1. The third-order valence-electron chi connectivity index (χ3n) is 3.98. The second kappa shape index (κ2) is 5.58. The van der Waals surface area contributed by atoms with Crippen LogP contribution in [0, 0.1) is 5.82 Å². The van der Waals surface area contributed by atoms with Gasteiger partial charge >= 0.3 is 0 Å². The number of rotatable bonds is 3. The number of sulfonamides is 1. The Hall–Kier alpha value is -1.99. The third-order valence-corrected chi connectivity index (χ3v) is 5.43. The van der Waals surface area contributed by atoms with Gasteiger partial charge in [0.1, 0.15) is 5.82 Å². The van der Waals surface area contributed by atoms with E-state index in [4.69, 9.17) is 0 Å². The highest BCUT2D eigenvalue weighted by Crippen LogP contribution is 2.33. The highest BCUT2D eigenvalue weighted by atomic mass is 32.2. The smallest absolute Gasteiger partial charge is 0.236 e. The molecule has 0 radical (unpaired) electrons. The summed E-state index contributed by atoms with van der Waals surface area (Å²) in [5.74, 6) is -0.352. The Kier molecular flexibility index (Phi) is 3.85. The first-order valence-corrected chi connectivity index (χ1v) is 8.75. The number of nitrogens with zero attached hydrogens (tertiary/aromatic N) is 2. The van der Waals surface area contributed by atoms with Crippen LogP contribution < -0.4 is 0 Å². The van der Waals surface area contributed by atoms with E-state index in [9.17, 15) is 12.8 Å². The van der Waals surface area contributed by atoms with Gasteiger partial charge in [-0.25, -0.2) is 12.8 Å². The van der Waals surface area contributed by atoms with Gasteiger partial charge in [-0.2, -0.15) is 9.40 Å². The summed E-state index contributed by atoms with van der Waals surface area (Å²) >= 11 is 0. The standard InChI is InChI=1S/C16H18FN3O2S/c1-16(2)11-20(10-13-9-18-19-15(13)16)23(21,22)8-7-12-3-5-14(17)6-4-12/h3-9H,10-11H2,1-2H3,(H,18,19)/b8-7+. The van der Waals surface area contributed by atoms with Crippen LogP contribution >= 0.6 is 0 Å². The lowest BCUT2D eigenvalue weighted by atomic mass is 9.84. The Labute approximate surface area is 134 Å². The van der Waals surface area contributed by atoms with Crippen LogP contribution in [-0.4, -0.2) is 29.5 Å². The Bertz CT molecular complexity index is 838. The van der Waals surface area contributed by atoms with Gasteiger partial charge < -0.3 is 0 Å². The average Bonchev–Trinajstić information content (AvgIpc) is 2.96. The first-order chi connectivity index (χ1) is 10.8. The maximum absolute atomic E-state index is 12.9. The van der Waals surface area contributed by atoms with E-state index in [1.165, 1.54) is 40.1 Å². The number of hydrogen-bond donors (Lipinski definition) is 1. The molecule has 0 unspecified atom stereocenters. The number of halogens is 1. The molecule has 0 aliphatic carbocycles. The molecule has 3 rings (SSSR count). The molecule has 5 nitrogen and oxygen atoms in total. The molecule has 1 aliphatic heterocycles. The van der Waals surface area contributed by atoms with Crippen molar-refractivity contribution in [3.05, 3.63) is 58.5 Å². The molecule has 0 spiro atoms. The van der Waals surface area contributed by atoms with Crippen molar-refractivity contribution in [1.29, 1.82) is 0 Å². The van der Waals surface area contributed by atoms with Crippen molar-refractivity contribution in [1.82, 2.24) is 14.5 Å². The number of aromatic nitrogens is 2. The minimum Gasteiger partial charge on any atom is -0.282 e. The Morgan fingerprint density at radius 3 is 2.70 bits per heavy atom. The molecule has 2 aromatic rings. The van der Waals surface area contributed by atoms with E-state index < -0.39 is 10.0 Å². The van der Waals surface area contributed by atoms with Crippen LogP contribution in [0.15, 0.2) is 35.9 Å². The minimum atomic E-state index is -3.57. The largest absolute Gasteiger partial charge is 0.282 e. The molecule has 0 saturated heterocycles. The second-order valence-corrected chi connectivity index (χ2v) is 8.14. The zero-order valence-corrected chi connectivity index (χ0v) is 13.8. The lowest BCUT2D eigenvalue weighted by Gasteiger charge is -2.36. The van der Waals surface area contributed by atoms with E-state index >= 15 is 0 Å². The fourth-order valence-electron chi connectivity index (χ4n) is 2.79. The van der Waals surface area contributed by atoms with E-state index in [1.54, 1.807) is 6.20 Å². The van der Waals surface area contributed by atoms with Crippen LogP contribution in [0.4, 0.5) is 4.39 Å². The van der Waals surface area contributed by atoms with Gasteiger partial charge in [0, 0.05) is 35.2 Å². The quantitative estimate of drug-likeness (QED) is 0.938. The summed E-state index contributed by atoms with van der Waals surface area (Å²) < 4.78 is 39.5. The SMILES string of the molecule is CC1(C)CN(S(=O)(=O)/C=C/c2ccc(F)cc2)Cc2cn[nH]c21. The van der Waals surface area contributed by atoms with Gasteiger partial charge in [0.2, 0.25) is 10.0 Å². The van der Waals surface area contributed by atoms with Crippen LogP contribution in [0.1, 0.15) is 30.7 Å². The van der Waals surface area contributed by atoms with E-state index in [1.807, 2.05) is 13.8 Å². The van der Waals surface area contributed by atoms with Crippen LogP contribution in [0.25, 0.3) is 6.08 Å². The Morgan fingerprint density at radius 2 is 2.00 bits per heavy atom. The van der Waals surface area contributed by atoms with Gasteiger partial charge in [0.25, 0.3) is 0 Å². The summed E-state index contributed by atoms with van der Waals surface area (Å²) in [5, 5.41) is 8.14. The molecule has 0 fully saturated rings. The average molecular weight is 335 g/mol. The van der Waals surface area contributed by atoms with Crippen molar-refractivity contribution in [2.45, 2.75) is 25.8 Å². The zero-order valence-electron chi connectivity index (χ0n) is 13.0. The van der Waals surface area contributed by atoms with E-state index in [0.29, 0.717) is 18.7 Å². The Morgan fingerprint density at radius 1 is 1.30 bits per heavy atom. The molecule has 2 heterocycles. The monoisotopic (exact) mass is 335 g/mol. The highest BCUT2D eigenvalue weighted by Gasteiger charge is 2.37.